The molecule has 0 bridgehead atoms. The molecule has 0 aliphatic rings. The van der Waals surface area contributed by atoms with Gasteiger partial charge in [-0.15, -0.1) is 0 Å². The summed E-state index contributed by atoms with van der Waals surface area (Å²) < 4.78 is 3.31. The van der Waals surface area contributed by atoms with Crippen molar-refractivity contribution in [1.82, 2.24) is 24.9 Å². The number of unbranched alkanes of at least 4 members (excludes halogenated alkanes) is 2. The minimum absolute atomic E-state index is 0.158. The van der Waals surface area contributed by atoms with Gasteiger partial charge in [-0.05, 0) is 38.5 Å². The van der Waals surface area contributed by atoms with Gasteiger partial charge in [-0.2, -0.15) is 10.2 Å². The summed E-state index contributed by atoms with van der Waals surface area (Å²) in [5.74, 6) is -0.304. The molecule has 170 valence electrons. The molecule has 4 aromatic rings. The summed E-state index contributed by atoms with van der Waals surface area (Å²) in [6.07, 6.45) is 2.90. The number of benzene rings is 2. The van der Waals surface area contributed by atoms with Gasteiger partial charge in [-0.1, -0.05) is 56.2 Å². The van der Waals surface area contributed by atoms with E-state index >= 15 is 0 Å². The number of nitrogens with zero attached hydrogens (tertiary/aromatic N) is 4. The summed E-state index contributed by atoms with van der Waals surface area (Å²) >= 11 is 0. The number of amides is 1. The van der Waals surface area contributed by atoms with Crippen LogP contribution in [-0.4, -0.2) is 25.5 Å². The van der Waals surface area contributed by atoms with Crippen molar-refractivity contribution in [2.75, 3.05) is 0 Å². The quantitative estimate of drug-likeness (QED) is 0.411. The second-order valence-corrected chi connectivity index (χ2v) is 8.21. The minimum atomic E-state index is -0.304. The van der Waals surface area contributed by atoms with E-state index in [1.807, 2.05) is 61.0 Å². The van der Waals surface area contributed by atoms with Gasteiger partial charge >= 0.3 is 0 Å². The maximum absolute atomic E-state index is 13.2. The van der Waals surface area contributed by atoms with Gasteiger partial charge in [0.05, 0.1) is 16.8 Å². The van der Waals surface area contributed by atoms with Crippen molar-refractivity contribution in [1.29, 1.82) is 0 Å². The highest BCUT2D eigenvalue weighted by atomic mass is 16.2. The van der Waals surface area contributed by atoms with Crippen LogP contribution >= 0.6 is 0 Å². The molecule has 0 aliphatic carbocycles. The number of para-hydroxylation sites is 1. The zero-order valence-electron chi connectivity index (χ0n) is 19.3. The molecule has 4 rings (SSSR count). The lowest BCUT2D eigenvalue weighted by molar-refractivity contribution is 0.0945. The Labute approximate surface area is 193 Å². The fraction of sp³-hybridized carbons (Fsp3) is 0.308. The fourth-order valence-corrected chi connectivity index (χ4v) is 4.07. The summed E-state index contributed by atoms with van der Waals surface area (Å²) in [5, 5.41) is 13.2. The smallest absolute Gasteiger partial charge is 0.274 e. The summed E-state index contributed by atoms with van der Waals surface area (Å²) in [6, 6.07) is 17.1. The first-order chi connectivity index (χ1) is 16.0. The fourth-order valence-electron chi connectivity index (χ4n) is 4.07. The van der Waals surface area contributed by atoms with Crippen LogP contribution in [0.3, 0.4) is 0 Å². The van der Waals surface area contributed by atoms with Crippen LogP contribution in [0.15, 0.2) is 59.4 Å². The third kappa shape index (κ3) is 4.58. The number of fused-ring (bicyclic) bond motifs is 1. The topological polar surface area (TPSA) is 81.8 Å². The molecule has 0 saturated heterocycles. The Balaban J connectivity index is 1.62. The van der Waals surface area contributed by atoms with Gasteiger partial charge in [0, 0.05) is 29.7 Å². The van der Waals surface area contributed by atoms with Crippen molar-refractivity contribution in [3.05, 3.63) is 87.6 Å². The van der Waals surface area contributed by atoms with Crippen LogP contribution in [0.4, 0.5) is 0 Å². The highest BCUT2D eigenvalue weighted by Gasteiger charge is 2.18. The van der Waals surface area contributed by atoms with E-state index in [4.69, 9.17) is 0 Å². The van der Waals surface area contributed by atoms with Crippen molar-refractivity contribution in [2.45, 2.75) is 53.1 Å². The molecule has 0 fully saturated rings. The Morgan fingerprint density at radius 2 is 1.64 bits per heavy atom. The molecule has 0 atom stereocenters. The first kappa shape index (κ1) is 22.5. The molecule has 1 amide bonds. The van der Waals surface area contributed by atoms with E-state index in [0.29, 0.717) is 23.9 Å². The van der Waals surface area contributed by atoms with E-state index in [1.165, 1.54) is 4.68 Å². The summed E-state index contributed by atoms with van der Waals surface area (Å²) in [7, 11) is 0. The van der Waals surface area contributed by atoms with E-state index < -0.39 is 0 Å². The molecule has 0 saturated carbocycles. The SMILES string of the molecule is CCCCCn1nc(C(=O)NCc2c(C)nn(-c3ccccc3)c2C)c2ccccc2c1=O. The molecule has 2 aromatic heterocycles. The van der Waals surface area contributed by atoms with E-state index in [9.17, 15) is 9.59 Å². The molecule has 2 aromatic carbocycles. The number of aromatic nitrogens is 4. The van der Waals surface area contributed by atoms with Crippen LogP contribution in [0, 0.1) is 13.8 Å². The Hall–Kier alpha value is -3.74. The van der Waals surface area contributed by atoms with Crippen molar-refractivity contribution < 1.29 is 4.79 Å². The first-order valence-electron chi connectivity index (χ1n) is 11.4. The van der Waals surface area contributed by atoms with Gasteiger partial charge in [0.15, 0.2) is 5.69 Å². The highest BCUT2D eigenvalue weighted by molar-refractivity contribution is 6.04. The average Bonchev–Trinajstić information content (AvgIpc) is 3.12. The van der Waals surface area contributed by atoms with Crippen LogP contribution in [0.25, 0.3) is 16.5 Å². The van der Waals surface area contributed by atoms with Crippen LogP contribution in [0.2, 0.25) is 0 Å². The third-order valence-electron chi connectivity index (χ3n) is 5.92. The zero-order valence-corrected chi connectivity index (χ0v) is 19.3. The number of nitrogens with one attached hydrogen (secondary N) is 1. The maximum Gasteiger partial charge on any atom is 0.274 e. The van der Waals surface area contributed by atoms with E-state index in [0.717, 1.165) is 41.9 Å². The van der Waals surface area contributed by atoms with Crippen LogP contribution in [0.1, 0.15) is 53.6 Å². The highest BCUT2D eigenvalue weighted by Crippen LogP contribution is 2.18. The Kier molecular flexibility index (Phi) is 6.68. The number of hydrogen-bond acceptors (Lipinski definition) is 4. The molecule has 2 heterocycles. The number of rotatable bonds is 8. The largest absolute Gasteiger partial charge is 0.346 e. The van der Waals surface area contributed by atoms with Gasteiger partial charge in [-0.3, -0.25) is 9.59 Å². The Morgan fingerprint density at radius 3 is 2.36 bits per heavy atom. The minimum Gasteiger partial charge on any atom is -0.346 e. The molecule has 7 nitrogen and oxygen atoms in total. The Bertz CT molecular complexity index is 1340. The van der Waals surface area contributed by atoms with E-state index in [1.54, 1.807) is 12.1 Å². The van der Waals surface area contributed by atoms with Crippen molar-refractivity contribution in [3.63, 3.8) is 0 Å². The maximum atomic E-state index is 13.2. The number of aryl methyl sites for hydroxylation is 2. The standard InChI is InChI=1S/C26H29N5O2/c1-4-5-11-16-30-26(33)22-15-10-9-14-21(22)24(29-30)25(32)27-17-23-18(2)28-31(19(23)3)20-12-7-6-8-13-20/h6-10,12-15H,4-5,11,16-17H2,1-3H3,(H,27,32). The summed E-state index contributed by atoms with van der Waals surface area (Å²) in [4.78, 5) is 26.1. The predicted octanol–water partition coefficient (Wildman–Crippen LogP) is 4.32. The van der Waals surface area contributed by atoms with E-state index in [2.05, 4.69) is 22.4 Å². The first-order valence-corrected chi connectivity index (χ1v) is 11.4. The molecular weight excluding hydrogens is 414 g/mol. The van der Waals surface area contributed by atoms with Gasteiger partial charge in [0.25, 0.3) is 11.5 Å². The average molecular weight is 444 g/mol. The summed E-state index contributed by atoms with van der Waals surface area (Å²) in [6.45, 7) is 6.87. The van der Waals surface area contributed by atoms with Gasteiger partial charge < -0.3 is 5.32 Å². The normalized spacial score (nSPS) is 11.1. The zero-order chi connectivity index (χ0) is 23.4. The van der Waals surface area contributed by atoms with Crippen LogP contribution in [0.5, 0.6) is 0 Å². The van der Waals surface area contributed by atoms with Gasteiger partial charge in [-0.25, -0.2) is 9.36 Å². The molecule has 33 heavy (non-hydrogen) atoms. The summed E-state index contributed by atoms with van der Waals surface area (Å²) in [5.41, 5.74) is 3.89. The lowest BCUT2D eigenvalue weighted by Gasteiger charge is -2.11. The molecule has 0 spiro atoms. The number of carbonyl (C=O) groups excluding carboxylic acids is 1. The lowest BCUT2D eigenvalue weighted by Crippen LogP contribution is -2.30. The molecule has 7 heteroatoms. The van der Waals surface area contributed by atoms with Gasteiger partial charge in [0.2, 0.25) is 0 Å². The molecule has 1 N–H and O–H groups in total. The molecule has 0 aliphatic heterocycles. The van der Waals surface area contributed by atoms with Crippen molar-refractivity contribution in [2.24, 2.45) is 0 Å². The monoisotopic (exact) mass is 443 g/mol. The molecule has 0 unspecified atom stereocenters. The number of carbonyl (C=O) groups is 1. The molecule has 0 radical (unpaired) electrons. The third-order valence-corrected chi connectivity index (χ3v) is 5.92. The lowest BCUT2D eigenvalue weighted by atomic mass is 10.1. The molecular formula is C26H29N5O2. The second-order valence-electron chi connectivity index (χ2n) is 8.21. The van der Waals surface area contributed by atoms with Crippen LogP contribution < -0.4 is 10.9 Å². The Morgan fingerprint density at radius 1 is 0.939 bits per heavy atom. The number of hydrogen-bond donors (Lipinski definition) is 1. The van der Waals surface area contributed by atoms with Crippen LogP contribution in [-0.2, 0) is 13.1 Å². The predicted molar refractivity (Wildman–Crippen MR) is 130 cm³/mol. The second kappa shape index (κ2) is 9.81. The van der Waals surface area contributed by atoms with Crippen molar-refractivity contribution >= 4 is 16.7 Å². The van der Waals surface area contributed by atoms with E-state index in [-0.39, 0.29) is 17.2 Å². The van der Waals surface area contributed by atoms with Gasteiger partial charge in [0.1, 0.15) is 0 Å². The van der Waals surface area contributed by atoms with Crippen molar-refractivity contribution in [3.8, 4) is 5.69 Å².